The molecule has 1 rings (SSSR count). The summed E-state index contributed by atoms with van der Waals surface area (Å²) in [5.41, 5.74) is 2.42. The van der Waals surface area contributed by atoms with Crippen LogP contribution in [0.2, 0.25) is 0 Å². The number of nitrogens with one attached hydrogen (secondary N) is 1. The van der Waals surface area contributed by atoms with Crippen molar-refractivity contribution in [2.24, 2.45) is 5.92 Å². The summed E-state index contributed by atoms with van der Waals surface area (Å²) in [5.74, 6) is 0.703. The van der Waals surface area contributed by atoms with E-state index in [1.54, 1.807) is 0 Å². The summed E-state index contributed by atoms with van der Waals surface area (Å²) < 4.78 is 0. The van der Waals surface area contributed by atoms with Crippen LogP contribution in [0.1, 0.15) is 45.9 Å². The van der Waals surface area contributed by atoms with Gasteiger partial charge in [0.25, 0.3) is 0 Å². The highest BCUT2D eigenvalue weighted by atomic mass is 15.1. The molecule has 0 aliphatic carbocycles. The Morgan fingerprint density at radius 3 is 2.42 bits per heavy atom. The first-order chi connectivity index (χ1) is 9.01. The van der Waals surface area contributed by atoms with Gasteiger partial charge in [0.05, 0.1) is 5.69 Å². The molecule has 0 spiro atoms. The second kappa shape index (κ2) is 8.28. The van der Waals surface area contributed by atoms with Crippen LogP contribution < -0.4 is 5.32 Å². The van der Waals surface area contributed by atoms with Gasteiger partial charge >= 0.3 is 0 Å². The minimum absolute atomic E-state index is 0.515. The standard InChI is InChI=1S/C16H29N3/c1-6-19(11-13(2)3)12-16-8-7-15(10-18-16)9-17-14(4)5/h7-8,10,13-14,17H,6,9,11-12H2,1-5H3. The van der Waals surface area contributed by atoms with Gasteiger partial charge in [0.15, 0.2) is 0 Å². The van der Waals surface area contributed by atoms with E-state index in [0.29, 0.717) is 12.0 Å². The van der Waals surface area contributed by atoms with E-state index in [-0.39, 0.29) is 0 Å². The van der Waals surface area contributed by atoms with Crippen LogP contribution in [0.5, 0.6) is 0 Å². The van der Waals surface area contributed by atoms with Gasteiger partial charge in [-0.25, -0.2) is 0 Å². The fourth-order valence-electron chi connectivity index (χ4n) is 2.03. The largest absolute Gasteiger partial charge is 0.310 e. The molecular weight excluding hydrogens is 234 g/mol. The zero-order valence-electron chi connectivity index (χ0n) is 13.1. The highest BCUT2D eigenvalue weighted by molar-refractivity contribution is 5.14. The first-order valence-corrected chi connectivity index (χ1v) is 7.40. The van der Waals surface area contributed by atoms with Crippen molar-refractivity contribution in [3.8, 4) is 0 Å². The molecule has 3 nitrogen and oxygen atoms in total. The molecule has 1 heterocycles. The lowest BCUT2D eigenvalue weighted by atomic mass is 10.2. The van der Waals surface area contributed by atoms with Gasteiger partial charge in [-0.2, -0.15) is 0 Å². The topological polar surface area (TPSA) is 28.2 Å². The third kappa shape index (κ3) is 6.69. The smallest absolute Gasteiger partial charge is 0.0544 e. The SMILES string of the molecule is CCN(Cc1ccc(CNC(C)C)cn1)CC(C)C. The van der Waals surface area contributed by atoms with E-state index in [2.05, 4.69) is 62.0 Å². The molecule has 0 amide bonds. The van der Waals surface area contributed by atoms with Gasteiger partial charge in [-0.1, -0.05) is 40.7 Å². The third-order valence-corrected chi connectivity index (χ3v) is 3.06. The monoisotopic (exact) mass is 263 g/mol. The molecule has 0 fully saturated rings. The maximum Gasteiger partial charge on any atom is 0.0544 e. The lowest BCUT2D eigenvalue weighted by Gasteiger charge is -2.22. The van der Waals surface area contributed by atoms with Crippen molar-refractivity contribution in [3.63, 3.8) is 0 Å². The van der Waals surface area contributed by atoms with Gasteiger partial charge in [0, 0.05) is 31.9 Å². The fourth-order valence-corrected chi connectivity index (χ4v) is 2.03. The second-order valence-electron chi connectivity index (χ2n) is 5.91. The summed E-state index contributed by atoms with van der Waals surface area (Å²) in [6.07, 6.45) is 1.99. The Bertz CT molecular complexity index is 344. The first-order valence-electron chi connectivity index (χ1n) is 7.40. The summed E-state index contributed by atoms with van der Waals surface area (Å²) in [4.78, 5) is 7.01. The molecule has 19 heavy (non-hydrogen) atoms. The Morgan fingerprint density at radius 1 is 1.21 bits per heavy atom. The third-order valence-electron chi connectivity index (χ3n) is 3.06. The van der Waals surface area contributed by atoms with Gasteiger partial charge in [-0.05, 0) is 24.1 Å². The summed E-state index contributed by atoms with van der Waals surface area (Å²) >= 11 is 0. The Labute approximate surface area is 118 Å². The molecule has 0 aliphatic heterocycles. The van der Waals surface area contributed by atoms with E-state index in [1.807, 2.05) is 6.20 Å². The highest BCUT2D eigenvalue weighted by Gasteiger charge is 2.07. The Hall–Kier alpha value is -0.930. The molecule has 0 bridgehead atoms. The molecule has 108 valence electrons. The van der Waals surface area contributed by atoms with E-state index >= 15 is 0 Å². The molecule has 0 aliphatic rings. The zero-order chi connectivity index (χ0) is 14.3. The molecule has 0 unspecified atom stereocenters. The molecule has 0 radical (unpaired) electrons. The fraction of sp³-hybridized carbons (Fsp3) is 0.688. The Morgan fingerprint density at radius 2 is 1.95 bits per heavy atom. The van der Waals surface area contributed by atoms with Crippen LogP contribution in [0, 0.1) is 5.92 Å². The van der Waals surface area contributed by atoms with E-state index in [0.717, 1.165) is 31.9 Å². The zero-order valence-corrected chi connectivity index (χ0v) is 13.1. The van der Waals surface area contributed by atoms with Gasteiger partial charge in [0.1, 0.15) is 0 Å². The molecule has 3 heteroatoms. The molecule has 1 N–H and O–H groups in total. The first kappa shape index (κ1) is 16.1. The summed E-state index contributed by atoms with van der Waals surface area (Å²) in [5, 5.41) is 3.41. The predicted molar refractivity (Wildman–Crippen MR) is 82.0 cm³/mol. The van der Waals surface area contributed by atoms with Crippen LogP contribution in [0.15, 0.2) is 18.3 Å². The van der Waals surface area contributed by atoms with Crippen molar-refractivity contribution in [2.75, 3.05) is 13.1 Å². The quantitative estimate of drug-likeness (QED) is 0.781. The van der Waals surface area contributed by atoms with Gasteiger partial charge in [-0.3, -0.25) is 9.88 Å². The number of aromatic nitrogens is 1. The minimum atomic E-state index is 0.515. The van der Waals surface area contributed by atoms with E-state index < -0.39 is 0 Å². The van der Waals surface area contributed by atoms with E-state index in [1.165, 1.54) is 5.56 Å². The average molecular weight is 263 g/mol. The van der Waals surface area contributed by atoms with Crippen molar-refractivity contribution >= 4 is 0 Å². The molecule has 1 aromatic rings. The van der Waals surface area contributed by atoms with E-state index in [9.17, 15) is 0 Å². The number of hydrogen-bond donors (Lipinski definition) is 1. The van der Waals surface area contributed by atoms with Crippen LogP contribution in [0.25, 0.3) is 0 Å². The van der Waals surface area contributed by atoms with Crippen LogP contribution in [-0.4, -0.2) is 29.0 Å². The van der Waals surface area contributed by atoms with Gasteiger partial charge < -0.3 is 5.32 Å². The van der Waals surface area contributed by atoms with Crippen LogP contribution in [-0.2, 0) is 13.1 Å². The summed E-state index contributed by atoms with van der Waals surface area (Å²) in [7, 11) is 0. The normalized spacial score (nSPS) is 11.8. The predicted octanol–water partition coefficient (Wildman–Crippen LogP) is 3.06. The molecule has 0 saturated carbocycles. The van der Waals surface area contributed by atoms with Crippen molar-refractivity contribution in [1.82, 2.24) is 15.2 Å². The Kier molecular flexibility index (Phi) is 7.03. The second-order valence-corrected chi connectivity index (χ2v) is 5.91. The average Bonchev–Trinajstić information content (AvgIpc) is 2.36. The van der Waals surface area contributed by atoms with Crippen LogP contribution >= 0.6 is 0 Å². The molecular formula is C16H29N3. The number of hydrogen-bond acceptors (Lipinski definition) is 3. The summed E-state index contributed by atoms with van der Waals surface area (Å²) in [6.45, 7) is 15.1. The van der Waals surface area contributed by atoms with Crippen LogP contribution in [0.3, 0.4) is 0 Å². The van der Waals surface area contributed by atoms with Crippen molar-refractivity contribution < 1.29 is 0 Å². The minimum Gasteiger partial charge on any atom is -0.310 e. The highest BCUT2D eigenvalue weighted by Crippen LogP contribution is 2.06. The molecule has 0 atom stereocenters. The van der Waals surface area contributed by atoms with Crippen molar-refractivity contribution in [3.05, 3.63) is 29.6 Å². The maximum atomic E-state index is 4.57. The van der Waals surface area contributed by atoms with Crippen molar-refractivity contribution in [2.45, 2.75) is 53.8 Å². The molecule has 0 saturated heterocycles. The van der Waals surface area contributed by atoms with E-state index in [4.69, 9.17) is 0 Å². The van der Waals surface area contributed by atoms with Gasteiger partial charge in [0.2, 0.25) is 0 Å². The van der Waals surface area contributed by atoms with Gasteiger partial charge in [-0.15, -0.1) is 0 Å². The molecule has 1 aromatic heterocycles. The van der Waals surface area contributed by atoms with Crippen molar-refractivity contribution in [1.29, 1.82) is 0 Å². The summed E-state index contributed by atoms with van der Waals surface area (Å²) in [6, 6.07) is 4.85. The lowest BCUT2D eigenvalue weighted by molar-refractivity contribution is 0.245. The maximum absolute atomic E-state index is 4.57. The number of nitrogens with zero attached hydrogens (tertiary/aromatic N) is 2. The number of rotatable bonds is 8. The number of pyridine rings is 1. The molecule has 0 aromatic carbocycles. The lowest BCUT2D eigenvalue weighted by Crippen LogP contribution is -2.27. The van der Waals surface area contributed by atoms with Crippen LogP contribution in [0.4, 0.5) is 0 Å². The Balaban J connectivity index is 2.50.